The topological polar surface area (TPSA) is 71.1 Å². The van der Waals surface area contributed by atoms with Crippen LogP contribution in [0.4, 0.5) is 16.2 Å². The maximum atomic E-state index is 12.9. The Hall–Kier alpha value is -2.12. The number of Topliss-reactive ketones (excluding diaryl/α,β-unsaturated/α-hetero) is 1. The molecule has 4 rings (SSSR count). The van der Waals surface area contributed by atoms with Crippen molar-refractivity contribution in [2.24, 2.45) is 5.92 Å². The molecule has 3 fully saturated rings. The van der Waals surface area contributed by atoms with Gasteiger partial charge in [-0.2, -0.15) is 0 Å². The van der Waals surface area contributed by atoms with E-state index in [9.17, 15) is 9.59 Å². The molecule has 7 heteroatoms. The number of carbonyl (C=O) groups excluding carboxylic acids is 2. The summed E-state index contributed by atoms with van der Waals surface area (Å²) in [5, 5.41) is 3.05. The highest BCUT2D eigenvalue weighted by Crippen LogP contribution is 2.32. The summed E-state index contributed by atoms with van der Waals surface area (Å²) in [6.45, 7) is 6.92. The summed E-state index contributed by atoms with van der Waals surface area (Å²) in [6.07, 6.45) is 1.70. The lowest BCUT2D eigenvalue weighted by molar-refractivity contribution is -0.135. The fourth-order valence-corrected chi connectivity index (χ4v) is 4.06. The van der Waals surface area contributed by atoms with Gasteiger partial charge >= 0.3 is 6.03 Å². The Morgan fingerprint density at radius 3 is 2.50 bits per heavy atom. The number of hydrogen-bond donors (Lipinski definition) is 1. The predicted octanol–water partition coefficient (Wildman–Crippen LogP) is 2.51. The molecule has 1 aliphatic carbocycles. The molecular weight excluding hydrogens is 358 g/mol. The van der Waals surface area contributed by atoms with Crippen LogP contribution >= 0.6 is 0 Å². The summed E-state index contributed by atoms with van der Waals surface area (Å²) in [5.41, 5.74) is 1.78. The molecule has 0 bridgehead atoms. The van der Waals surface area contributed by atoms with Gasteiger partial charge in [0.2, 0.25) is 0 Å². The number of ether oxygens (including phenoxy) is 2. The molecule has 7 nitrogen and oxygen atoms in total. The summed E-state index contributed by atoms with van der Waals surface area (Å²) in [6, 6.07) is 7.67. The Kier molecular flexibility index (Phi) is 5.55. The van der Waals surface area contributed by atoms with E-state index in [1.807, 2.05) is 24.3 Å². The highest BCUT2D eigenvalue weighted by molar-refractivity contribution is 5.94. The Morgan fingerprint density at radius 1 is 1.07 bits per heavy atom. The van der Waals surface area contributed by atoms with Crippen LogP contribution < -0.4 is 10.2 Å². The highest BCUT2D eigenvalue weighted by atomic mass is 16.5. The molecule has 2 aliphatic heterocycles. The number of para-hydroxylation sites is 2. The number of nitrogens with one attached hydrogen (secondary N) is 1. The molecule has 1 aromatic carbocycles. The van der Waals surface area contributed by atoms with Crippen molar-refractivity contribution < 1.29 is 19.1 Å². The van der Waals surface area contributed by atoms with E-state index in [2.05, 4.69) is 24.1 Å². The molecule has 3 atom stereocenters. The molecule has 1 aromatic rings. The quantitative estimate of drug-likeness (QED) is 0.860. The minimum absolute atomic E-state index is 0.138. The zero-order valence-corrected chi connectivity index (χ0v) is 16.6. The van der Waals surface area contributed by atoms with Gasteiger partial charge in [-0.15, -0.1) is 0 Å². The van der Waals surface area contributed by atoms with Crippen LogP contribution in [0.3, 0.4) is 0 Å². The summed E-state index contributed by atoms with van der Waals surface area (Å²) in [4.78, 5) is 29.1. The van der Waals surface area contributed by atoms with E-state index in [4.69, 9.17) is 9.47 Å². The Morgan fingerprint density at radius 2 is 1.79 bits per heavy atom. The van der Waals surface area contributed by atoms with Gasteiger partial charge in [0.05, 0.1) is 36.7 Å². The number of morpholine rings is 2. The first-order chi connectivity index (χ1) is 13.5. The Bertz CT molecular complexity index is 726. The molecule has 2 amide bonds. The number of benzene rings is 1. The average molecular weight is 387 g/mol. The standard InChI is InChI=1S/C21H29N3O4/c1-14-11-24(12-15(2)28-14)18-6-4-3-5-17(18)22-21(26)23-9-10-27-19(13-23)20(25)16-7-8-16/h3-6,14-16,19H,7-13H2,1-2H3,(H,22,26)/t14-,15-,19+/m1/s1. The Labute approximate surface area is 166 Å². The summed E-state index contributed by atoms with van der Waals surface area (Å²) < 4.78 is 11.5. The summed E-state index contributed by atoms with van der Waals surface area (Å²) >= 11 is 0. The first kappa shape index (κ1) is 19.2. The zero-order valence-electron chi connectivity index (χ0n) is 16.6. The molecular formula is C21H29N3O4. The van der Waals surface area contributed by atoms with Gasteiger partial charge in [0, 0.05) is 25.6 Å². The molecule has 0 aromatic heterocycles. The van der Waals surface area contributed by atoms with Crippen molar-refractivity contribution in [3.8, 4) is 0 Å². The third-order valence-electron chi connectivity index (χ3n) is 5.56. The maximum Gasteiger partial charge on any atom is 0.322 e. The van der Waals surface area contributed by atoms with E-state index in [1.165, 1.54) is 0 Å². The molecule has 28 heavy (non-hydrogen) atoms. The number of rotatable bonds is 4. The van der Waals surface area contributed by atoms with Crippen molar-refractivity contribution >= 4 is 23.2 Å². The SMILES string of the molecule is C[C@@H]1CN(c2ccccc2NC(=O)N2CCO[C@H](C(=O)C3CC3)C2)C[C@@H](C)O1. The van der Waals surface area contributed by atoms with Gasteiger partial charge in [-0.1, -0.05) is 12.1 Å². The first-order valence-electron chi connectivity index (χ1n) is 10.2. The van der Waals surface area contributed by atoms with Crippen molar-refractivity contribution in [1.82, 2.24) is 4.90 Å². The van der Waals surface area contributed by atoms with E-state index in [0.717, 1.165) is 37.3 Å². The molecule has 2 heterocycles. The lowest BCUT2D eigenvalue weighted by Gasteiger charge is -2.38. The van der Waals surface area contributed by atoms with Crippen LogP contribution in [0.25, 0.3) is 0 Å². The number of urea groups is 1. The minimum Gasteiger partial charge on any atom is -0.372 e. The van der Waals surface area contributed by atoms with Crippen LogP contribution in [-0.2, 0) is 14.3 Å². The number of anilines is 2. The third-order valence-corrected chi connectivity index (χ3v) is 5.56. The van der Waals surface area contributed by atoms with Gasteiger partial charge in [-0.05, 0) is 38.8 Å². The summed E-state index contributed by atoms with van der Waals surface area (Å²) in [5.74, 6) is 0.285. The smallest absolute Gasteiger partial charge is 0.322 e. The van der Waals surface area contributed by atoms with Crippen molar-refractivity contribution in [2.75, 3.05) is 43.0 Å². The van der Waals surface area contributed by atoms with Crippen molar-refractivity contribution in [2.45, 2.75) is 45.0 Å². The normalized spacial score (nSPS) is 28.1. The van der Waals surface area contributed by atoms with Crippen molar-refractivity contribution in [3.05, 3.63) is 24.3 Å². The molecule has 3 aliphatic rings. The van der Waals surface area contributed by atoms with Gasteiger partial charge in [-0.3, -0.25) is 4.79 Å². The second-order valence-electron chi connectivity index (χ2n) is 8.09. The van der Waals surface area contributed by atoms with Crippen LogP contribution in [0.5, 0.6) is 0 Å². The maximum absolute atomic E-state index is 12.9. The summed E-state index contributed by atoms with van der Waals surface area (Å²) in [7, 11) is 0. The molecule has 1 N–H and O–H groups in total. The Balaban J connectivity index is 1.43. The second kappa shape index (κ2) is 8.09. The molecule has 152 valence electrons. The van der Waals surface area contributed by atoms with E-state index >= 15 is 0 Å². The lowest BCUT2D eigenvalue weighted by atomic mass is 10.1. The molecule has 1 saturated carbocycles. The fourth-order valence-electron chi connectivity index (χ4n) is 4.06. The van der Waals surface area contributed by atoms with Crippen LogP contribution in [0.1, 0.15) is 26.7 Å². The predicted molar refractivity (Wildman–Crippen MR) is 107 cm³/mol. The second-order valence-corrected chi connectivity index (χ2v) is 8.09. The lowest BCUT2D eigenvalue weighted by Crippen LogP contribution is -2.50. The third kappa shape index (κ3) is 4.31. The van der Waals surface area contributed by atoms with E-state index < -0.39 is 6.10 Å². The zero-order chi connectivity index (χ0) is 19.7. The van der Waals surface area contributed by atoms with Crippen LogP contribution in [0, 0.1) is 5.92 Å². The van der Waals surface area contributed by atoms with Gasteiger partial charge in [0.15, 0.2) is 5.78 Å². The van der Waals surface area contributed by atoms with Crippen molar-refractivity contribution in [1.29, 1.82) is 0 Å². The first-order valence-corrected chi connectivity index (χ1v) is 10.2. The van der Waals surface area contributed by atoms with Gasteiger partial charge < -0.3 is 24.6 Å². The number of nitrogens with zero attached hydrogens (tertiary/aromatic N) is 2. The highest BCUT2D eigenvalue weighted by Gasteiger charge is 2.38. The average Bonchev–Trinajstić information content (AvgIpc) is 3.52. The number of carbonyl (C=O) groups is 2. The number of hydrogen-bond acceptors (Lipinski definition) is 5. The molecule has 0 unspecified atom stereocenters. The monoisotopic (exact) mass is 387 g/mol. The van der Waals surface area contributed by atoms with Crippen LogP contribution in [0.15, 0.2) is 24.3 Å². The van der Waals surface area contributed by atoms with Crippen molar-refractivity contribution in [3.63, 3.8) is 0 Å². The van der Waals surface area contributed by atoms with Crippen LogP contribution in [0.2, 0.25) is 0 Å². The number of amides is 2. The molecule has 0 spiro atoms. The van der Waals surface area contributed by atoms with Gasteiger partial charge in [0.25, 0.3) is 0 Å². The van der Waals surface area contributed by atoms with E-state index in [1.54, 1.807) is 4.90 Å². The van der Waals surface area contributed by atoms with Gasteiger partial charge in [-0.25, -0.2) is 4.79 Å². The molecule has 0 radical (unpaired) electrons. The largest absolute Gasteiger partial charge is 0.372 e. The van der Waals surface area contributed by atoms with E-state index in [0.29, 0.717) is 19.7 Å². The van der Waals surface area contributed by atoms with Crippen LogP contribution in [-0.4, -0.2) is 67.8 Å². The van der Waals surface area contributed by atoms with E-state index in [-0.39, 0.29) is 29.9 Å². The van der Waals surface area contributed by atoms with Gasteiger partial charge in [0.1, 0.15) is 6.10 Å². The molecule has 2 saturated heterocycles. The number of ketones is 1. The minimum atomic E-state index is -0.483. The fraction of sp³-hybridized carbons (Fsp3) is 0.619.